The van der Waals surface area contributed by atoms with E-state index < -0.39 is 12.1 Å². The summed E-state index contributed by atoms with van der Waals surface area (Å²) in [5.41, 5.74) is 0.642. The molecule has 0 spiro atoms. The number of fused-ring (bicyclic) bond motifs is 1. The first kappa shape index (κ1) is 14.1. The zero-order valence-corrected chi connectivity index (χ0v) is 11.4. The second-order valence-corrected chi connectivity index (χ2v) is 4.68. The van der Waals surface area contributed by atoms with Crippen LogP contribution in [0.4, 0.5) is 0 Å². The minimum Gasteiger partial charge on any atom is -0.488 e. The van der Waals surface area contributed by atoms with Gasteiger partial charge in [0.15, 0.2) is 11.9 Å². The topological polar surface area (TPSA) is 82.1 Å². The largest absolute Gasteiger partial charge is 0.488 e. The Balaban J connectivity index is 1.77. The van der Waals surface area contributed by atoms with Crippen molar-refractivity contribution in [1.82, 2.24) is 0 Å². The summed E-state index contributed by atoms with van der Waals surface area (Å²) < 4.78 is 10.6. The fourth-order valence-electron chi connectivity index (χ4n) is 2.16. The molecule has 0 aliphatic carbocycles. The van der Waals surface area contributed by atoms with Crippen LogP contribution < -0.4 is 9.62 Å². The van der Waals surface area contributed by atoms with Gasteiger partial charge >= 0.3 is 5.97 Å². The Morgan fingerprint density at radius 2 is 1.95 bits per heavy atom. The number of rotatable bonds is 3. The quantitative estimate of drug-likeness (QED) is 0.532. The highest BCUT2D eigenvalue weighted by Gasteiger charge is 2.32. The number of ketones is 1. The molecule has 2 aromatic carbocycles. The van der Waals surface area contributed by atoms with Gasteiger partial charge in [-0.3, -0.25) is 4.79 Å². The van der Waals surface area contributed by atoms with E-state index in [2.05, 4.69) is 4.89 Å². The summed E-state index contributed by atoms with van der Waals surface area (Å²) in [5, 5.41) is 8.59. The van der Waals surface area contributed by atoms with Crippen LogP contribution in [-0.2, 0) is 4.74 Å². The third kappa shape index (κ3) is 2.64. The Morgan fingerprint density at radius 1 is 1.18 bits per heavy atom. The Morgan fingerprint density at radius 3 is 2.68 bits per heavy atom. The van der Waals surface area contributed by atoms with Gasteiger partial charge in [-0.2, -0.15) is 0 Å². The van der Waals surface area contributed by atoms with Crippen molar-refractivity contribution in [3.8, 4) is 11.5 Å². The Labute approximate surface area is 125 Å². The SMILES string of the molecule is O=C(OC1COc2cc(OO)ccc2C1=O)c1ccccc1. The number of ether oxygens (including phenoxy) is 2. The number of hydrogen-bond donors (Lipinski definition) is 1. The van der Waals surface area contributed by atoms with Crippen molar-refractivity contribution in [3.63, 3.8) is 0 Å². The normalized spacial score (nSPS) is 16.4. The van der Waals surface area contributed by atoms with Crippen molar-refractivity contribution < 1.29 is 29.2 Å². The van der Waals surface area contributed by atoms with Crippen LogP contribution in [0.5, 0.6) is 11.5 Å². The van der Waals surface area contributed by atoms with Gasteiger partial charge in [0.1, 0.15) is 12.4 Å². The molecule has 1 heterocycles. The van der Waals surface area contributed by atoms with E-state index in [0.717, 1.165) is 0 Å². The van der Waals surface area contributed by atoms with Crippen LogP contribution in [0.25, 0.3) is 0 Å². The summed E-state index contributed by atoms with van der Waals surface area (Å²) in [6.07, 6.45) is -0.999. The number of carbonyl (C=O) groups excluding carboxylic acids is 2. The maximum atomic E-state index is 12.3. The zero-order chi connectivity index (χ0) is 15.5. The molecule has 0 saturated carbocycles. The first-order chi connectivity index (χ1) is 10.7. The molecule has 1 atom stereocenters. The maximum Gasteiger partial charge on any atom is 0.338 e. The summed E-state index contributed by atoms with van der Waals surface area (Å²) in [6, 6.07) is 12.7. The van der Waals surface area contributed by atoms with Crippen LogP contribution in [0.15, 0.2) is 48.5 Å². The van der Waals surface area contributed by atoms with Gasteiger partial charge in [0, 0.05) is 6.07 Å². The molecule has 1 aliphatic rings. The third-order valence-corrected chi connectivity index (χ3v) is 3.27. The molecule has 0 amide bonds. The van der Waals surface area contributed by atoms with E-state index in [1.807, 2.05) is 0 Å². The average Bonchev–Trinajstić information content (AvgIpc) is 2.57. The minimum absolute atomic E-state index is 0.0840. The van der Waals surface area contributed by atoms with Gasteiger partial charge < -0.3 is 14.4 Å². The molecule has 3 rings (SSSR count). The van der Waals surface area contributed by atoms with E-state index in [9.17, 15) is 9.59 Å². The molecule has 112 valence electrons. The summed E-state index contributed by atoms with van der Waals surface area (Å²) >= 11 is 0. The number of Topliss-reactive ketones (excluding diaryl/α,β-unsaturated/α-hetero) is 1. The molecule has 0 radical (unpaired) electrons. The molecule has 6 heteroatoms. The fourth-order valence-corrected chi connectivity index (χ4v) is 2.16. The predicted octanol–water partition coefficient (Wildman–Crippen LogP) is 2.34. The Hall–Kier alpha value is -2.86. The van der Waals surface area contributed by atoms with Crippen LogP contribution in [0.3, 0.4) is 0 Å². The van der Waals surface area contributed by atoms with Crippen LogP contribution in [0.1, 0.15) is 20.7 Å². The molecule has 0 saturated heterocycles. The van der Waals surface area contributed by atoms with Crippen LogP contribution in [0, 0.1) is 0 Å². The summed E-state index contributed by atoms with van der Waals surface area (Å²) in [7, 11) is 0. The van der Waals surface area contributed by atoms with Gasteiger partial charge in [0.25, 0.3) is 0 Å². The smallest absolute Gasteiger partial charge is 0.338 e. The second kappa shape index (κ2) is 5.87. The highest BCUT2D eigenvalue weighted by atomic mass is 17.1. The van der Waals surface area contributed by atoms with Gasteiger partial charge in [-0.1, -0.05) is 18.2 Å². The van der Waals surface area contributed by atoms with Gasteiger partial charge in [-0.25, -0.2) is 10.1 Å². The molecule has 6 nitrogen and oxygen atoms in total. The van der Waals surface area contributed by atoms with E-state index in [0.29, 0.717) is 5.56 Å². The molecule has 22 heavy (non-hydrogen) atoms. The monoisotopic (exact) mass is 300 g/mol. The standard InChI is InChI=1S/C16H12O6/c17-15-12-7-6-11(22-19)8-13(12)20-9-14(15)21-16(18)10-4-2-1-3-5-10/h1-8,14,19H,9H2. The average molecular weight is 300 g/mol. The molecular formula is C16H12O6. The van der Waals surface area contributed by atoms with Gasteiger partial charge in [-0.05, 0) is 24.3 Å². The lowest BCUT2D eigenvalue weighted by Crippen LogP contribution is -2.37. The van der Waals surface area contributed by atoms with Crippen molar-refractivity contribution in [2.24, 2.45) is 0 Å². The predicted molar refractivity (Wildman–Crippen MR) is 75.2 cm³/mol. The lowest BCUT2D eigenvalue weighted by atomic mass is 10.0. The van der Waals surface area contributed by atoms with Crippen molar-refractivity contribution in [2.45, 2.75) is 6.10 Å². The Kier molecular flexibility index (Phi) is 3.76. The number of carbonyl (C=O) groups is 2. The van der Waals surface area contributed by atoms with Crippen LogP contribution in [-0.4, -0.2) is 29.7 Å². The summed E-state index contributed by atoms with van der Waals surface area (Å²) in [4.78, 5) is 28.4. The van der Waals surface area contributed by atoms with Crippen LogP contribution >= 0.6 is 0 Å². The highest BCUT2D eigenvalue weighted by molar-refractivity contribution is 6.04. The lowest BCUT2D eigenvalue weighted by molar-refractivity contribution is -0.137. The number of esters is 1. The molecule has 0 fully saturated rings. The van der Waals surface area contributed by atoms with Gasteiger partial charge in [0.2, 0.25) is 5.78 Å². The minimum atomic E-state index is -0.999. The fraction of sp³-hybridized carbons (Fsp3) is 0.125. The number of benzene rings is 2. The van der Waals surface area contributed by atoms with E-state index in [1.165, 1.54) is 18.2 Å². The third-order valence-electron chi connectivity index (χ3n) is 3.27. The highest BCUT2D eigenvalue weighted by Crippen LogP contribution is 2.30. The van der Waals surface area contributed by atoms with Crippen molar-refractivity contribution in [3.05, 3.63) is 59.7 Å². The van der Waals surface area contributed by atoms with Crippen molar-refractivity contribution in [1.29, 1.82) is 0 Å². The van der Waals surface area contributed by atoms with E-state index in [1.54, 1.807) is 30.3 Å². The van der Waals surface area contributed by atoms with Gasteiger partial charge in [-0.15, -0.1) is 0 Å². The van der Waals surface area contributed by atoms with Crippen LogP contribution in [0.2, 0.25) is 0 Å². The molecule has 1 unspecified atom stereocenters. The zero-order valence-electron chi connectivity index (χ0n) is 11.4. The first-order valence-corrected chi connectivity index (χ1v) is 6.57. The second-order valence-electron chi connectivity index (χ2n) is 4.68. The Bertz CT molecular complexity index is 710. The molecule has 0 bridgehead atoms. The van der Waals surface area contributed by atoms with E-state index >= 15 is 0 Å². The molecule has 2 aromatic rings. The van der Waals surface area contributed by atoms with Gasteiger partial charge in [0.05, 0.1) is 11.1 Å². The summed E-state index contributed by atoms with van der Waals surface area (Å²) in [5.74, 6) is -0.494. The maximum absolute atomic E-state index is 12.3. The van der Waals surface area contributed by atoms with Crippen molar-refractivity contribution in [2.75, 3.05) is 6.61 Å². The van der Waals surface area contributed by atoms with Crippen molar-refractivity contribution >= 4 is 11.8 Å². The molecule has 1 aliphatic heterocycles. The molecule has 1 N–H and O–H groups in total. The summed E-state index contributed by atoms with van der Waals surface area (Å²) in [6.45, 7) is -0.0840. The first-order valence-electron chi connectivity index (χ1n) is 6.57. The lowest BCUT2D eigenvalue weighted by Gasteiger charge is -2.24. The number of hydrogen-bond acceptors (Lipinski definition) is 6. The molecular weight excluding hydrogens is 288 g/mol. The van der Waals surface area contributed by atoms with E-state index in [-0.39, 0.29) is 29.5 Å². The van der Waals surface area contributed by atoms with E-state index in [4.69, 9.17) is 14.7 Å². The molecule has 0 aromatic heterocycles.